The molecular formula is C30H33NO8. The molecule has 2 aromatic carbocycles. The molecule has 0 amide bonds. The minimum atomic E-state index is -1.88. The van der Waals surface area contributed by atoms with Gasteiger partial charge in [-0.15, -0.1) is 0 Å². The molecule has 4 atom stereocenters. The van der Waals surface area contributed by atoms with Crippen LogP contribution in [0.25, 0.3) is 5.76 Å². The average molecular weight is 536 g/mol. The van der Waals surface area contributed by atoms with Crippen molar-refractivity contribution in [1.82, 2.24) is 4.90 Å². The number of benzene rings is 2. The van der Waals surface area contributed by atoms with Crippen molar-refractivity contribution in [2.45, 2.75) is 51.0 Å². The number of allylic oxidation sites excluding steroid dienone is 1. The zero-order chi connectivity index (χ0) is 28.1. The molecule has 2 aromatic rings. The van der Waals surface area contributed by atoms with E-state index in [-0.39, 0.29) is 5.76 Å². The summed E-state index contributed by atoms with van der Waals surface area (Å²) < 4.78 is 28.7. The minimum Gasteiger partial charge on any atom is -0.493 e. The van der Waals surface area contributed by atoms with Crippen LogP contribution < -0.4 is 9.47 Å². The van der Waals surface area contributed by atoms with Crippen molar-refractivity contribution >= 4 is 23.5 Å². The van der Waals surface area contributed by atoms with E-state index in [9.17, 15) is 14.4 Å². The molecule has 0 radical (unpaired) electrons. The third-order valence-corrected chi connectivity index (χ3v) is 7.60. The summed E-state index contributed by atoms with van der Waals surface area (Å²) in [6.45, 7) is 5.60. The number of ether oxygens (including phenoxy) is 5. The van der Waals surface area contributed by atoms with Gasteiger partial charge in [-0.2, -0.15) is 0 Å². The van der Waals surface area contributed by atoms with Gasteiger partial charge in [0.05, 0.1) is 27.4 Å². The minimum absolute atomic E-state index is 0.283. The Morgan fingerprint density at radius 2 is 1.69 bits per heavy atom. The Balaban J connectivity index is 1.78. The molecule has 0 bridgehead atoms. The van der Waals surface area contributed by atoms with E-state index in [1.807, 2.05) is 41.3 Å². The molecule has 0 aromatic heterocycles. The predicted octanol–water partition coefficient (Wildman–Crippen LogP) is 3.50. The van der Waals surface area contributed by atoms with Gasteiger partial charge in [0.2, 0.25) is 0 Å². The van der Waals surface area contributed by atoms with Gasteiger partial charge in [-0.25, -0.2) is 0 Å². The van der Waals surface area contributed by atoms with E-state index in [1.165, 1.54) is 20.3 Å². The molecule has 1 fully saturated rings. The van der Waals surface area contributed by atoms with Crippen LogP contribution in [0.2, 0.25) is 0 Å². The molecule has 0 saturated carbocycles. The predicted molar refractivity (Wildman–Crippen MR) is 141 cm³/mol. The third kappa shape index (κ3) is 4.16. The number of hydrogen-bond donors (Lipinski definition) is 0. The van der Waals surface area contributed by atoms with Crippen LogP contribution in [0.1, 0.15) is 43.5 Å². The van der Waals surface area contributed by atoms with Crippen molar-refractivity contribution in [2.75, 3.05) is 27.9 Å². The van der Waals surface area contributed by atoms with E-state index >= 15 is 0 Å². The Hall–Kier alpha value is -3.85. The summed E-state index contributed by atoms with van der Waals surface area (Å²) in [6.07, 6.45) is 0.698. The highest BCUT2D eigenvalue weighted by Crippen LogP contribution is 2.59. The highest BCUT2D eigenvalue weighted by molar-refractivity contribution is 6.15. The van der Waals surface area contributed by atoms with Gasteiger partial charge < -0.3 is 23.7 Å². The van der Waals surface area contributed by atoms with Gasteiger partial charge in [-0.05, 0) is 50.5 Å². The summed E-state index contributed by atoms with van der Waals surface area (Å²) in [5.41, 5.74) is -0.562. The van der Waals surface area contributed by atoms with Gasteiger partial charge in [-0.1, -0.05) is 30.3 Å². The molecule has 0 aliphatic carbocycles. The van der Waals surface area contributed by atoms with Crippen molar-refractivity contribution in [1.29, 1.82) is 0 Å². The van der Waals surface area contributed by atoms with Crippen LogP contribution in [-0.4, -0.2) is 68.2 Å². The SMILES string of the molecule is COC(=O)[C@H]1[C@@H]2OC(c3ccccc3)=CC(=O)[C@]2(C(=O)OC(C)(C)C)[C@@H]2c3cc(OC)c(OC)cc3CCN21. The zero-order valence-corrected chi connectivity index (χ0v) is 23.0. The fraction of sp³-hybridized carbons (Fsp3) is 0.433. The Labute approximate surface area is 227 Å². The Morgan fingerprint density at radius 1 is 1.03 bits per heavy atom. The first-order valence-electron chi connectivity index (χ1n) is 12.9. The lowest BCUT2D eigenvalue weighted by Crippen LogP contribution is -2.56. The van der Waals surface area contributed by atoms with Crippen molar-refractivity contribution in [3.63, 3.8) is 0 Å². The van der Waals surface area contributed by atoms with E-state index in [0.29, 0.717) is 35.6 Å². The summed E-state index contributed by atoms with van der Waals surface area (Å²) in [4.78, 5) is 43.9. The van der Waals surface area contributed by atoms with Gasteiger partial charge in [0.1, 0.15) is 17.4 Å². The summed E-state index contributed by atoms with van der Waals surface area (Å²) in [6, 6.07) is 10.8. The van der Waals surface area contributed by atoms with Crippen LogP contribution in [0.3, 0.4) is 0 Å². The van der Waals surface area contributed by atoms with Gasteiger partial charge in [0, 0.05) is 18.2 Å². The van der Waals surface area contributed by atoms with Gasteiger partial charge in [0.25, 0.3) is 0 Å². The summed E-state index contributed by atoms with van der Waals surface area (Å²) in [5, 5.41) is 0. The van der Waals surface area contributed by atoms with E-state index in [0.717, 1.165) is 5.56 Å². The Bertz CT molecular complexity index is 1340. The fourth-order valence-corrected chi connectivity index (χ4v) is 6.02. The third-order valence-electron chi connectivity index (χ3n) is 7.60. The fourth-order valence-electron chi connectivity index (χ4n) is 6.02. The van der Waals surface area contributed by atoms with Crippen LogP contribution in [-0.2, 0) is 35.0 Å². The molecule has 9 heteroatoms. The lowest BCUT2D eigenvalue weighted by Gasteiger charge is -2.42. The number of carbonyl (C=O) groups excluding carboxylic acids is 3. The number of esters is 2. The maximum absolute atomic E-state index is 14.4. The standard InChI is InChI=1S/C30H33NO8/c1-29(2,3)39-28(34)30-23(32)16-20(17-10-8-7-9-11-17)38-26(30)24(27(33)37-6)31-13-12-18-14-21(35-4)22(36-5)15-19(18)25(30)31/h7-11,14-16,24-26H,12-13H2,1-6H3/t24-,25+,26+,30+/m1/s1. The number of carbonyl (C=O) groups is 3. The maximum Gasteiger partial charge on any atom is 0.327 e. The monoisotopic (exact) mass is 535 g/mol. The lowest BCUT2D eigenvalue weighted by atomic mass is 9.68. The molecule has 3 heterocycles. The first-order chi connectivity index (χ1) is 18.6. The van der Waals surface area contributed by atoms with Crippen LogP contribution >= 0.6 is 0 Å². The quantitative estimate of drug-likeness (QED) is 0.421. The molecule has 0 N–H and O–H groups in total. The van der Waals surface area contributed by atoms with Crippen molar-refractivity contribution in [3.8, 4) is 11.5 Å². The highest BCUT2D eigenvalue weighted by Gasteiger charge is 2.74. The lowest BCUT2D eigenvalue weighted by molar-refractivity contribution is -0.178. The molecule has 3 aliphatic heterocycles. The van der Waals surface area contributed by atoms with Crippen LogP contribution in [0.5, 0.6) is 11.5 Å². The number of rotatable bonds is 5. The summed E-state index contributed by atoms with van der Waals surface area (Å²) in [7, 11) is 4.36. The Morgan fingerprint density at radius 3 is 2.31 bits per heavy atom. The normalized spacial score (nSPS) is 25.8. The topological polar surface area (TPSA) is 101 Å². The van der Waals surface area contributed by atoms with E-state index < -0.39 is 46.9 Å². The second-order valence-corrected chi connectivity index (χ2v) is 10.9. The molecule has 39 heavy (non-hydrogen) atoms. The van der Waals surface area contributed by atoms with E-state index in [2.05, 4.69) is 0 Å². The molecule has 0 unspecified atom stereocenters. The summed E-state index contributed by atoms with van der Waals surface area (Å²) in [5.74, 6) is -0.575. The number of fused-ring (bicyclic) bond motifs is 5. The van der Waals surface area contributed by atoms with E-state index in [1.54, 1.807) is 33.9 Å². The smallest absolute Gasteiger partial charge is 0.327 e. The number of hydrogen-bond acceptors (Lipinski definition) is 9. The van der Waals surface area contributed by atoms with Crippen molar-refractivity contribution in [2.24, 2.45) is 5.41 Å². The van der Waals surface area contributed by atoms with Crippen molar-refractivity contribution in [3.05, 3.63) is 65.2 Å². The maximum atomic E-state index is 14.4. The first-order valence-corrected chi connectivity index (χ1v) is 12.9. The molecule has 0 spiro atoms. The average Bonchev–Trinajstić information content (AvgIpc) is 3.23. The Kier molecular flexibility index (Phi) is 6.66. The number of methoxy groups -OCH3 is 3. The van der Waals surface area contributed by atoms with Gasteiger partial charge in [-0.3, -0.25) is 19.3 Å². The first kappa shape index (κ1) is 26.7. The van der Waals surface area contributed by atoms with Crippen LogP contribution in [0, 0.1) is 5.41 Å². The second-order valence-electron chi connectivity index (χ2n) is 10.9. The highest BCUT2D eigenvalue weighted by atomic mass is 16.6. The molecule has 206 valence electrons. The van der Waals surface area contributed by atoms with Gasteiger partial charge >= 0.3 is 11.9 Å². The molecular weight excluding hydrogens is 502 g/mol. The largest absolute Gasteiger partial charge is 0.493 e. The molecule has 9 nitrogen and oxygen atoms in total. The molecule has 5 rings (SSSR count). The number of nitrogens with zero attached hydrogens (tertiary/aromatic N) is 1. The molecule has 3 aliphatic rings. The second kappa shape index (κ2) is 9.72. The van der Waals surface area contributed by atoms with Crippen LogP contribution in [0.15, 0.2) is 48.5 Å². The summed E-state index contributed by atoms with van der Waals surface area (Å²) >= 11 is 0. The van der Waals surface area contributed by atoms with Crippen LogP contribution in [0.4, 0.5) is 0 Å². The van der Waals surface area contributed by atoms with Crippen molar-refractivity contribution < 1.29 is 38.1 Å². The number of ketones is 1. The zero-order valence-electron chi connectivity index (χ0n) is 23.0. The van der Waals surface area contributed by atoms with Gasteiger partial charge in [0.15, 0.2) is 28.8 Å². The molecule has 1 saturated heterocycles. The van der Waals surface area contributed by atoms with E-state index in [4.69, 9.17) is 23.7 Å².